The Balaban J connectivity index is 2.87. The first-order valence-corrected chi connectivity index (χ1v) is 6.29. The Kier molecular flexibility index (Phi) is 2.70. The molecule has 1 aromatic heterocycles. The fourth-order valence-corrected chi connectivity index (χ4v) is 3.21. The van der Waals surface area contributed by atoms with E-state index >= 15 is 0 Å². The maximum atomic E-state index is 10.8. The number of rotatable bonds is 2. The number of benzene rings is 1. The fourth-order valence-electron chi connectivity index (χ4n) is 1.64. The lowest BCUT2D eigenvalue weighted by Gasteiger charge is -2.03. The van der Waals surface area contributed by atoms with E-state index in [-0.39, 0.29) is 0 Å². The second kappa shape index (κ2) is 3.83. The summed E-state index contributed by atoms with van der Waals surface area (Å²) in [6.07, 6.45) is 0.924. The number of hydrogen-bond donors (Lipinski definition) is 0. The van der Waals surface area contributed by atoms with Crippen LogP contribution in [-0.4, -0.2) is 6.29 Å². The molecule has 0 saturated heterocycles. The standard InChI is InChI=1S/C11H9BrOS/c1-7-6-14-10-3-2-8(5-13)9(4-12)11(7)10/h2-3,5-6H,4H2,1H3. The zero-order valence-electron chi connectivity index (χ0n) is 7.71. The number of thiophene rings is 1. The van der Waals surface area contributed by atoms with Gasteiger partial charge in [0.2, 0.25) is 0 Å². The summed E-state index contributed by atoms with van der Waals surface area (Å²) in [4.78, 5) is 10.8. The number of hydrogen-bond acceptors (Lipinski definition) is 2. The molecule has 1 aromatic carbocycles. The zero-order valence-corrected chi connectivity index (χ0v) is 10.1. The van der Waals surface area contributed by atoms with Gasteiger partial charge < -0.3 is 0 Å². The molecule has 0 spiro atoms. The summed E-state index contributed by atoms with van der Waals surface area (Å²) < 4.78 is 1.25. The average molecular weight is 269 g/mol. The predicted molar refractivity (Wildman–Crippen MR) is 64.6 cm³/mol. The van der Waals surface area contributed by atoms with Crippen LogP contribution in [0.25, 0.3) is 10.1 Å². The van der Waals surface area contributed by atoms with Crippen molar-refractivity contribution in [1.29, 1.82) is 0 Å². The lowest BCUT2D eigenvalue weighted by atomic mass is 10.0. The number of aryl methyl sites for hydroxylation is 1. The van der Waals surface area contributed by atoms with Crippen LogP contribution in [0, 0.1) is 6.92 Å². The van der Waals surface area contributed by atoms with Crippen LogP contribution in [0.4, 0.5) is 0 Å². The van der Waals surface area contributed by atoms with E-state index in [1.165, 1.54) is 15.6 Å². The monoisotopic (exact) mass is 268 g/mol. The van der Waals surface area contributed by atoms with Crippen molar-refractivity contribution in [3.05, 3.63) is 34.2 Å². The van der Waals surface area contributed by atoms with Gasteiger partial charge in [-0.05, 0) is 35.6 Å². The van der Waals surface area contributed by atoms with E-state index in [1.807, 2.05) is 12.1 Å². The lowest BCUT2D eigenvalue weighted by molar-refractivity contribution is 0.112. The molecule has 1 nitrogen and oxygen atoms in total. The van der Waals surface area contributed by atoms with Gasteiger partial charge in [0.05, 0.1) is 0 Å². The highest BCUT2D eigenvalue weighted by Gasteiger charge is 2.09. The largest absolute Gasteiger partial charge is 0.298 e. The highest BCUT2D eigenvalue weighted by molar-refractivity contribution is 9.08. The summed E-state index contributed by atoms with van der Waals surface area (Å²) in [5.41, 5.74) is 3.15. The number of halogens is 1. The van der Waals surface area contributed by atoms with Crippen molar-refractivity contribution < 1.29 is 4.79 Å². The molecule has 0 radical (unpaired) electrons. The van der Waals surface area contributed by atoms with Crippen molar-refractivity contribution in [3.63, 3.8) is 0 Å². The first-order chi connectivity index (χ1) is 6.77. The summed E-state index contributed by atoms with van der Waals surface area (Å²) in [5.74, 6) is 0. The number of alkyl halides is 1. The van der Waals surface area contributed by atoms with E-state index in [0.717, 1.165) is 22.7 Å². The maximum Gasteiger partial charge on any atom is 0.150 e. The van der Waals surface area contributed by atoms with Gasteiger partial charge in [0.1, 0.15) is 6.29 Å². The van der Waals surface area contributed by atoms with Crippen LogP contribution in [0.15, 0.2) is 17.5 Å². The smallest absolute Gasteiger partial charge is 0.150 e. The van der Waals surface area contributed by atoms with Gasteiger partial charge in [-0.25, -0.2) is 0 Å². The summed E-state index contributed by atoms with van der Waals surface area (Å²) in [6, 6.07) is 3.91. The summed E-state index contributed by atoms with van der Waals surface area (Å²) in [6.45, 7) is 2.08. The van der Waals surface area contributed by atoms with E-state index in [9.17, 15) is 4.79 Å². The molecule has 2 rings (SSSR count). The van der Waals surface area contributed by atoms with Crippen molar-refractivity contribution in [3.8, 4) is 0 Å². The number of aldehydes is 1. The third-order valence-corrected chi connectivity index (χ3v) is 3.95. The zero-order chi connectivity index (χ0) is 10.1. The van der Waals surface area contributed by atoms with Gasteiger partial charge in [-0.15, -0.1) is 11.3 Å². The Bertz CT molecular complexity index is 487. The normalized spacial score (nSPS) is 10.7. The molecule has 0 bridgehead atoms. The molecule has 0 unspecified atom stereocenters. The van der Waals surface area contributed by atoms with Crippen LogP contribution >= 0.6 is 27.3 Å². The second-order valence-electron chi connectivity index (χ2n) is 3.18. The quantitative estimate of drug-likeness (QED) is 0.596. The van der Waals surface area contributed by atoms with Crippen LogP contribution in [0.2, 0.25) is 0 Å². The lowest BCUT2D eigenvalue weighted by Crippen LogP contribution is -1.90. The first kappa shape index (κ1) is 9.87. The van der Waals surface area contributed by atoms with Crippen LogP contribution in [-0.2, 0) is 5.33 Å². The molecular weight excluding hydrogens is 260 g/mol. The van der Waals surface area contributed by atoms with Gasteiger partial charge in [-0.1, -0.05) is 15.9 Å². The van der Waals surface area contributed by atoms with Gasteiger partial charge in [0, 0.05) is 21.0 Å². The third-order valence-electron chi connectivity index (χ3n) is 2.33. The molecule has 3 heteroatoms. The molecule has 1 heterocycles. The molecule has 0 saturated carbocycles. The molecule has 0 aliphatic heterocycles. The Morgan fingerprint density at radius 2 is 2.29 bits per heavy atom. The maximum absolute atomic E-state index is 10.8. The number of fused-ring (bicyclic) bond motifs is 1. The van der Waals surface area contributed by atoms with Crippen molar-refractivity contribution in [2.24, 2.45) is 0 Å². The molecule has 0 atom stereocenters. The van der Waals surface area contributed by atoms with Crippen LogP contribution in [0.5, 0.6) is 0 Å². The topological polar surface area (TPSA) is 17.1 Å². The molecular formula is C11H9BrOS. The summed E-state index contributed by atoms with van der Waals surface area (Å²) >= 11 is 5.16. The number of carbonyl (C=O) groups is 1. The average Bonchev–Trinajstić information content (AvgIpc) is 2.59. The minimum absolute atomic E-state index is 0.732. The second-order valence-corrected chi connectivity index (χ2v) is 4.65. The van der Waals surface area contributed by atoms with E-state index < -0.39 is 0 Å². The van der Waals surface area contributed by atoms with E-state index in [1.54, 1.807) is 11.3 Å². The molecule has 0 aliphatic rings. The minimum Gasteiger partial charge on any atom is -0.298 e. The Morgan fingerprint density at radius 3 is 2.93 bits per heavy atom. The van der Waals surface area contributed by atoms with Gasteiger partial charge in [-0.2, -0.15) is 0 Å². The van der Waals surface area contributed by atoms with Crippen molar-refractivity contribution in [1.82, 2.24) is 0 Å². The Hall–Kier alpha value is -0.670. The summed E-state index contributed by atoms with van der Waals surface area (Å²) in [7, 11) is 0. The van der Waals surface area contributed by atoms with E-state index in [2.05, 4.69) is 28.2 Å². The van der Waals surface area contributed by atoms with Crippen molar-refractivity contribution in [2.75, 3.05) is 0 Å². The van der Waals surface area contributed by atoms with E-state index in [4.69, 9.17) is 0 Å². The first-order valence-electron chi connectivity index (χ1n) is 4.28. The van der Waals surface area contributed by atoms with Crippen LogP contribution in [0.3, 0.4) is 0 Å². The molecule has 0 aliphatic carbocycles. The predicted octanol–water partition coefficient (Wildman–Crippen LogP) is 3.92. The van der Waals surface area contributed by atoms with Crippen molar-refractivity contribution >= 4 is 43.6 Å². The SMILES string of the molecule is Cc1csc2ccc(C=O)c(CBr)c12. The molecule has 0 N–H and O–H groups in total. The molecule has 0 fully saturated rings. The van der Waals surface area contributed by atoms with Gasteiger partial charge in [-0.3, -0.25) is 4.79 Å². The highest BCUT2D eigenvalue weighted by Crippen LogP contribution is 2.31. The minimum atomic E-state index is 0.732. The molecule has 14 heavy (non-hydrogen) atoms. The summed E-state index contributed by atoms with van der Waals surface area (Å²) in [5, 5.41) is 4.10. The molecule has 2 aromatic rings. The number of carbonyl (C=O) groups excluding carboxylic acids is 1. The van der Waals surface area contributed by atoms with Crippen molar-refractivity contribution in [2.45, 2.75) is 12.3 Å². The Morgan fingerprint density at radius 1 is 1.50 bits per heavy atom. The highest BCUT2D eigenvalue weighted by atomic mass is 79.9. The van der Waals surface area contributed by atoms with Gasteiger partial charge >= 0.3 is 0 Å². The Labute approximate surface area is 94.9 Å². The van der Waals surface area contributed by atoms with Crippen LogP contribution < -0.4 is 0 Å². The van der Waals surface area contributed by atoms with Crippen LogP contribution in [0.1, 0.15) is 21.5 Å². The third kappa shape index (κ3) is 1.41. The van der Waals surface area contributed by atoms with Gasteiger partial charge in [0.15, 0.2) is 0 Å². The molecule has 0 amide bonds. The fraction of sp³-hybridized carbons (Fsp3) is 0.182. The molecule has 72 valence electrons. The van der Waals surface area contributed by atoms with Gasteiger partial charge in [0.25, 0.3) is 0 Å². The van der Waals surface area contributed by atoms with E-state index in [0.29, 0.717) is 0 Å².